The first-order chi connectivity index (χ1) is 9.61. The highest BCUT2D eigenvalue weighted by Gasteiger charge is 2.41. The van der Waals surface area contributed by atoms with Gasteiger partial charge in [-0.2, -0.15) is 5.10 Å². The highest BCUT2D eigenvalue weighted by molar-refractivity contribution is 5.88. The Hall–Kier alpha value is -1.23. The van der Waals surface area contributed by atoms with Crippen LogP contribution in [-0.4, -0.2) is 33.3 Å². The first kappa shape index (κ1) is 15.2. The first-order valence-corrected chi connectivity index (χ1v) is 7.56. The van der Waals surface area contributed by atoms with Gasteiger partial charge in [-0.05, 0) is 31.6 Å². The maximum absolute atomic E-state index is 12.7. The van der Waals surface area contributed by atoms with Crippen molar-refractivity contribution in [1.29, 1.82) is 0 Å². The molecule has 0 aliphatic heterocycles. The standard InChI is InChI=1S/C15H25N3O2/c1-4-8-18-14(16-11-17-18)9-13(19)15(20-3)7-5-6-12(2)10-15/h11-12H,4-10H2,1-3H3. The normalized spacial score (nSPS) is 26.6. The van der Waals surface area contributed by atoms with Gasteiger partial charge in [-0.1, -0.05) is 20.3 Å². The van der Waals surface area contributed by atoms with Gasteiger partial charge in [0, 0.05) is 13.7 Å². The van der Waals surface area contributed by atoms with E-state index in [1.807, 2.05) is 4.68 Å². The summed E-state index contributed by atoms with van der Waals surface area (Å²) in [6.45, 7) is 5.09. The van der Waals surface area contributed by atoms with E-state index in [0.717, 1.165) is 38.1 Å². The largest absolute Gasteiger partial charge is 0.370 e. The lowest BCUT2D eigenvalue weighted by Gasteiger charge is -2.37. The maximum atomic E-state index is 12.7. The van der Waals surface area contributed by atoms with Crippen LogP contribution in [0.1, 0.15) is 51.8 Å². The summed E-state index contributed by atoms with van der Waals surface area (Å²) in [6, 6.07) is 0. The van der Waals surface area contributed by atoms with Crippen LogP contribution in [0, 0.1) is 5.92 Å². The van der Waals surface area contributed by atoms with Gasteiger partial charge in [-0.25, -0.2) is 9.67 Å². The molecule has 1 aromatic heterocycles. The molecule has 0 radical (unpaired) electrons. The number of Topliss-reactive ketones (excluding diaryl/α,β-unsaturated/α-hetero) is 1. The zero-order valence-electron chi connectivity index (χ0n) is 12.8. The summed E-state index contributed by atoms with van der Waals surface area (Å²) in [5, 5.41) is 4.18. The molecule has 20 heavy (non-hydrogen) atoms. The number of carbonyl (C=O) groups excluding carboxylic acids is 1. The molecule has 1 aliphatic carbocycles. The van der Waals surface area contributed by atoms with Crippen molar-refractivity contribution in [2.24, 2.45) is 5.92 Å². The predicted octanol–water partition coefficient (Wildman–Crippen LogP) is 2.40. The van der Waals surface area contributed by atoms with Crippen LogP contribution in [0.5, 0.6) is 0 Å². The van der Waals surface area contributed by atoms with Crippen LogP contribution >= 0.6 is 0 Å². The van der Waals surface area contributed by atoms with E-state index in [-0.39, 0.29) is 5.78 Å². The summed E-state index contributed by atoms with van der Waals surface area (Å²) in [4.78, 5) is 16.9. The number of nitrogens with zero attached hydrogens (tertiary/aromatic N) is 3. The lowest BCUT2D eigenvalue weighted by molar-refractivity contribution is -0.146. The fraction of sp³-hybridized carbons (Fsp3) is 0.800. The second-order valence-corrected chi connectivity index (χ2v) is 5.90. The SMILES string of the molecule is CCCn1ncnc1CC(=O)C1(OC)CCCC(C)C1. The highest BCUT2D eigenvalue weighted by atomic mass is 16.5. The van der Waals surface area contributed by atoms with Crippen molar-refractivity contribution >= 4 is 5.78 Å². The van der Waals surface area contributed by atoms with Crippen LogP contribution in [0.3, 0.4) is 0 Å². The third kappa shape index (κ3) is 3.08. The molecule has 1 aliphatic rings. The number of methoxy groups -OCH3 is 1. The van der Waals surface area contributed by atoms with Crippen molar-refractivity contribution in [3.05, 3.63) is 12.2 Å². The third-order valence-electron chi connectivity index (χ3n) is 4.30. The van der Waals surface area contributed by atoms with Gasteiger partial charge in [-0.3, -0.25) is 4.79 Å². The molecule has 112 valence electrons. The van der Waals surface area contributed by atoms with Gasteiger partial charge in [0.05, 0.1) is 6.42 Å². The van der Waals surface area contributed by atoms with Crippen LogP contribution in [-0.2, 0) is 22.5 Å². The van der Waals surface area contributed by atoms with Crippen LogP contribution in [0.4, 0.5) is 0 Å². The molecule has 0 bridgehead atoms. The molecule has 5 heteroatoms. The average molecular weight is 279 g/mol. The topological polar surface area (TPSA) is 57.0 Å². The van der Waals surface area contributed by atoms with E-state index < -0.39 is 5.60 Å². The summed E-state index contributed by atoms with van der Waals surface area (Å²) < 4.78 is 7.48. The third-order valence-corrected chi connectivity index (χ3v) is 4.30. The smallest absolute Gasteiger partial charge is 0.172 e. The molecule has 1 fully saturated rings. The van der Waals surface area contributed by atoms with Gasteiger partial charge in [0.25, 0.3) is 0 Å². The van der Waals surface area contributed by atoms with E-state index >= 15 is 0 Å². The Morgan fingerprint density at radius 2 is 2.40 bits per heavy atom. The summed E-state index contributed by atoms with van der Waals surface area (Å²) in [5.74, 6) is 1.45. The lowest BCUT2D eigenvalue weighted by Crippen LogP contribution is -2.45. The molecular weight excluding hydrogens is 254 g/mol. The van der Waals surface area contributed by atoms with Crippen LogP contribution < -0.4 is 0 Å². The van der Waals surface area contributed by atoms with Crippen LogP contribution in [0.15, 0.2) is 6.33 Å². The summed E-state index contributed by atoms with van der Waals surface area (Å²) in [7, 11) is 1.66. The highest BCUT2D eigenvalue weighted by Crippen LogP contribution is 2.36. The van der Waals surface area contributed by atoms with Gasteiger partial charge >= 0.3 is 0 Å². The zero-order chi connectivity index (χ0) is 14.6. The van der Waals surface area contributed by atoms with Crippen molar-refractivity contribution in [1.82, 2.24) is 14.8 Å². The molecule has 0 N–H and O–H groups in total. The minimum Gasteiger partial charge on any atom is -0.370 e. The first-order valence-electron chi connectivity index (χ1n) is 7.56. The lowest BCUT2D eigenvalue weighted by atomic mass is 9.75. The van der Waals surface area contributed by atoms with Crippen molar-refractivity contribution in [2.75, 3.05) is 7.11 Å². The van der Waals surface area contributed by atoms with E-state index in [2.05, 4.69) is 23.9 Å². The van der Waals surface area contributed by atoms with Gasteiger partial charge in [-0.15, -0.1) is 0 Å². The molecule has 0 saturated heterocycles. The minimum absolute atomic E-state index is 0.150. The number of aryl methyl sites for hydroxylation is 1. The monoisotopic (exact) mass is 279 g/mol. The number of aromatic nitrogens is 3. The second-order valence-electron chi connectivity index (χ2n) is 5.90. The summed E-state index contributed by atoms with van der Waals surface area (Å²) in [6.07, 6.45) is 6.73. The van der Waals surface area contributed by atoms with Crippen LogP contribution in [0.2, 0.25) is 0 Å². The van der Waals surface area contributed by atoms with Crippen LogP contribution in [0.25, 0.3) is 0 Å². The van der Waals surface area contributed by atoms with E-state index in [0.29, 0.717) is 12.3 Å². The Balaban J connectivity index is 2.11. The average Bonchev–Trinajstić information content (AvgIpc) is 2.86. The molecule has 2 atom stereocenters. The number of ketones is 1. The molecule has 0 amide bonds. The molecule has 1 heterocycles. The Labute approximate surface area is 120 Å². The summed E-state index contributed by atoms with van der Waals surface area (Å²) >= 11 is 0. The number of rotatable bonds is 6. The van der Waals surface area contributed by atoms with Crippen molar-refractivity contribution in [3.63, 3.8) is 0 Å². The van der Waals surface area contributed by atoms with Gasteiger partial charge in [0.1, 0.15) is 17.8 Å². The van der Waals surface area contributed by atoms with E-state index in [1.54, 1.807) is 7.11 Å². The van der Waals surface area contributed by atoms with Gasteiger partial charge < -0.3 is 4.74 Å². The van der Waals surface area contributed by atoms with Gasteiger partial charge in [0.2, 0.25) is 0 Å². The Kier molecular flexibility index (Phi) is 4.91. The Bertz CT molecular complexity index is 458. The maximum Gasteiger partial charge on any atom is 0.172 e. The minimum atomic E-state index is -0.610. The Morgan fingerprint density at radius 1 is 1.60 bits per heavy atom. The molecule has 5 nitrogen and oxygen atoms in total. The Morgan fingerprint density at radius 3 is 3.05 bits per heavy atom. The van der Waals surface area contributed by atoms with E-state index in [1.165, 1.54) is 12.7 Å². The van der Waals surface area contributed by atoms with Crippen molar-refractivity contribution in [2.45, 2.75) is 64.5 Å². The number of ether oxygens (including phenoxy) is 1. The van der Waals surface area contributed by atoms with Crippen molar-refractivity contribution < 1.29 is 9.53 Å². The number of hydrogen-bond acceptors (Lipinski definition) is 4. The second kappa shape index (κ2) is 6.48. The fourth-order valence-corrected chi connectivity index (χ4v) is 3.18. The quantitative estimate of drug-likeness (QED) is 0.802. The van der Waals surface area contributed by atoms with Crippen molar-refractivity contribution in [3.8, 4) is 0 Å². The molecule has 2 rings (SSSR count). The molecule has 1 saturated carbocycles. The molecule has 0 spiro atoms. The van der Waals surface area contributed by atoms with E-state index in [9.17, 15) is 4.79 Å². The molecule has 0 aromatic carbocycles. The molecule has 1 aromatic rings. The molecular formula is C15H25N3O2. The number of hydrogen-bond donors (Lipinski definition) is 0. The predicted molar refractivity (Wildman–Crippen MR) is 76.4 cm³/mol. The van der Waals surface area contributed by atoms with E-state index in [4.69, 9.17) is 4.74 Å². The number of carbonyl (C=O) groups is 1. The zero-order valence-corrected chi connectivity index (χ0v) is 12.8. The van der Waals surface area contributed by atoms with Gasteiger partial charge in [0.15, 0.2) is 5.78 Å². The fourth-order valence-electron chi connectivity index (χ4n) is 3.18. The molecule has 2 unspecified atom stereocenters. The summed E-state index contributed by atoms with van der Waals surface area (Å²) in [5.41, 5.74) is -0.610.